The molecule has 0 radical (unpaired) electrons. The normalized spacial score (nSPS) is 13.5. The second-order valence-electron chi connectivity index (χ2n) is 6.23. The van der Waals surface area contributed by atoms with E-state index in [1.807, 2.05) is 18.2 Å². The van der Waals surface area contributed by atoms with Gasteiger partial charge in [-0.25, -0.2) is 8.42 Å². The number of carbonyl (C=O) groups is 2. The summed E-state index contributed by atoms with van der Waals surface area (Å²) in [5, 5.41) is 2.77. The lowest BCUT2D eigenvalue weighted by molar-refractivity contribution is -0.119. The third-order valence-electron chi connectivity index (χ3n) is 4.02. The Bertz CT molecular complexity index is 1030. The number of anilines is 1. The average Bonchev–Trinajstić information content (AvgIpc) is 2.73. The third kappa shape index (κ3) is 5.77. The van der Waals surface area contributed by atoms with Crippen molar-refractivity contribution in [2.24, 2.45) is 0 Å². The summed E-state index contributed by atoms with van der Waals surface area (Å²) < 4.78 is 24.4. The molecule has 0 saturated carbocycles. The van der Waals surface area contributed by atoms with Crippen LogP contribution in [0, 0.1) is 0 Å². The van der Waals surface area contributed by atoms with Crippen LogP contribution in [0.2, 0.25) is 0 Å². The molecule has 2 aromatic carbocycles. The van der Waals surface area contributed by atoms with Gasteiger partial charge in [-0.15, -0.1) is 4.83 Å². The molecule has 0 fully saturated rings. The van der Waals surface area contributed by atoms with E-state index in [9.17, 15) is 18.0 Å². The van der Waals surface area contributed by atoms with Gasteiger partial charge < -0.3 is 10.2 Å². The standard InChI is InChI=1S/C20H20N4O4S/c25-19(21-17-9-3-1-4-10-17)15-24-13-7-8-16(14-24)20(26)22-23-29(27,28)18-11-5-2-6-12-18/h1-13,23H,14-15H2,(H,21,25)(H,22,26). The van der Waals surface area contributed by atoms with E-state index < -0.39 is 15.9 Å². The van der Waals surface area contributed by atoms with Crippen LogP contribution in [0.5, 0.6) is 0 Å². The van der Waals surface area contributed by atoms with Gasteiger partial charge in [-0.1, -0.05) is 42.5 Å². The van der Waals surface area contributed by atoms with E-state index in [2.05, 4.69) is 15.6 Å². The number of rotatable bonds is 7. The summed E-state index contributed by atoms with van der Waals surface area (Å²) in [4.78, 5) is 28.3. The van der Waals surface area contributed by atoms with Gasteiger partial charge in [0.1, 0.15) is 0 Å². The molecule has 29 heavy (non-hydrogen) atoms. The Hall–Kier alpha value is -3.43. The molecule has 0 bridgehead atoms. The first kappa shape index (κ1) is 20.3. The van der Waals surface area contributed by atoms with Gasteiger partial charge in [0.05, 0.1) is 11.4 Å². The first-order valence-electron chi connectivity index (χ1n) is 8.77. The van der Waals surface area contributed by atoms with Crippen molar-refractivity contribution in [1.29, 1.82) is 0 Å². The van der Waals surface area contributed by atoms with Crippen LogP contribution >= 0.6 is 0 Å². The molecular weight excluding hydrogens is 392 g/mol. The highest BCUT2D eigenvalue weighted by atomic mass is 32.2. The van der Waals surface area contributed by atoms with Gasteiger partial charge in [-0.3, -0.25) is 15.0 Å². The quantitative estimate of drug-likeness (QED) is 0.596. The lowest BCUT2D eigenvalue weighted by atomic mass is 10.1. The summed E-state index contributed by atoms with van der Waals surface area (Å²) in [5.74, 6) is -0.824. The third-order valence-corrected chi connectivity index (χ3v) is 5.28. The number of carbonyl (C=O) groups excluding carboxylic acids is 2. The SMILES string of the molecule is O=C(CN1C=CC=C(C(=O)NNS(=O)(=O)c2ccccc2)C1)Nc1ccccc1. The Morgan fingerprint density at radius 1 is 0.966 bits per heavy atom. The molecule has 2 amide bonds. The number of nitrogens with zero attached hydrogens (tertiary/aromatic N) is 1. The number of amides is 2. The summed E-state index contributed by atoms with van der Waals surface area (Å²) in [6.07, 6.45) is 4.88. The highest BCUT2D eigenvalue weighted by Crippen LogP contribution is 2.10. The largest absolute Gasteiger partial charge is 0.364 e. The predicted octanol–water partition coefficient (Wildman–Crippen LogP) is 1.39. The summed E-state index contributed by atoms with van der Waals surface area (Å²) in [5.41, 5.74) is 3.20. The zero-order valence-electron chi connectivity index (χ0n) is 15.4. The topological polar surface area (TPSA) is 108 Å². The molecule has 1 aliphatic heterocycles. The maximum absolute atomic E-state index is 12.3. The lowest BCUT2D eigenvalue weighted by Gasteiger charge is -2.23. The number of sulfonamides is 1. The fourth-order valence-electron chi connectivity index (χ4n) is 2.62. The molecule has 3 rings (SSSR count). The lowest BCUT2D eigenvalue weighted by Crippen LogP contribution is -2.44. The van der Waals surface area contributed by atoms with E-state index in [0.29, 0.717) is 11.3 Å². The number of para-hydroxylation sites is 1. The Labute approximate surface area is 168 Å². The molecule has 8 nitrogen and oxygen atoms in total. The van der Waals surface area contributed by atoms with E-state index in [0.717, 1.165) is 0 Å². The summed E-state index contributed by atoms with van der Waals surface area (Å²) in [6, 6.07) is 16.8. The molecule has 0 unspecified atom stereocenters. The average molecular weight is 412 g/mol. The number of hydrogen-bond acceptors (Lipinski definition) is 5. The second-order valence-corrected chi connectivity index (χ2v) is 7.91. The van der Waals surface area contributed by atoms with Crippen LogP contribution in [0.1, 0.15) is 0 Å². The number of hydrogen-bond donors (Lipinski definition) is 3. The predicted molar refractivity (Wildman–Crippen MR) is 109 cm³/mol. The van der Waals surface area contributed by atoms with Gasteiger partial charge in [0.25, 0.3) is 15.9 Å². The monoisotopic (exact) mass is 412 g/mol. The molecule has 1 heterocycles. The van der Waals surface area contributed by atoms with Crippen molar-refractivity contribution in [3.8, 4) is 0 Å². The molecule has 0 saturated heterocycles. The van der Waals surface area contributed by atoms with Gasteiger partial charge in [0, 0.05) is 17.8 Å². The Morgan fingerprint density at radius 3 is 2.31 bits per heavy atom. The first-order chi connectivity index (χ1) is 13.9. The van der Waals surface area contributed by atoms with E-state index in [4.69, 9.17) is 0 Å². The van der Waals surface area contributed by atoms with Crippen LogP contribution in [0.4, 0.5) is 5.69 Å². The molecular formula is C20H20N4O4S. The fourth-order valence-corrected chi connectivity index (χ4v) is 3.48. The van der Waals surface area contributed by atoms with Gasteiger partial charge >= 0.3 is 0 Å². The highest BCUT2D eigenvalue weighted by molar-refractivity contribution is 7.89. The van der Waals surface area contributed by atoms with Crippen molar-refractivity contribution in [2.75, 3.05) is 18.4 Å². The van der Waals surface area contributed by atoms with Gasteiger partial charge in [0.15, 0.2) is 0 Å². The summed E-state index contributed by atoms with van der Waals surface area (Å²) in [7, 11) is -3.87. The van der Waals surface area contributed by atoms with E-state index >= 15 is 0 Å². The van der Waals surface area contributed by atoms with Crippen molar-refractivity contribution in [3.05, 3.63) is 84.6 Å². The molecule has 1 aliphatic rings. The van der Waals surface area contributed by atoms with Gasteiger partial charge in [-0.05, 0) is 36.5 Å². The minimum Gasteiger partial charge on any atom is -0.364 e. The van der Waals surface area contributed by atoms with Gasteiger partial charge in [0.2, 0.25) is 5.91 Å². The Morgan fingerprint density at radius 2 is 1.62 bits per heavy atom. The van der Waals surface area contributed by atoms with Gasteiger partial charge in [-0.2, -0.15) is 0 Å². The minimum atomic E-state index is -3.87. The smallest absolute Gasteiger partial charge is 0.263 e. The summed E-state index contributed by atoms with van der Waals surface area (Å²) in [6.45, 7) is 0.212. The molecule has 0 aliphatic carbocycles. The van der Waals surface area contributed by atoms with E-state index in [1.54, 1.807) is 53.6 Å². The van der Waals surface area contributed by atoms with Crippen LogP contribution in [-0.2, 0) is 19.6 Å². The van der Waals surface area contributed by atoms with Crippen LogP contribution in [-0.4, -0.2) is 38.2 Å². The van der Waals surface area contributed by atoms with Crippen molar-refractivity contribution in [2.45, 2.75) is 4.90 Å². The van der Waals surface area contributed by atoms with Crippen LogP contribution in [0.3, 0.4) is 0 Å². The zero-order chi connectivity index (χ0) is 20.7. The fraction of sp³-hybridized carbons (Fsp3) is 0.100. The maximum atomic E-state index is 12.3. The van der Waals surface area contributed by atoms with Crippen LogP contribution in [0.25, 0.3) is 0 Å². The van der Waals surface area contributed by atoms with Crippen molar-refractivity contribution in [1.82, 2.24) is 15.2 Å². The van der Waals surface area contributed by atoms with Crippen molar-refractivity contribution in [3.63, 3.8) is 0 Å². The first-order valence-corrected chi connectivity index (χ1v) is 10.3. The van der Waals surface area contributed by atoms with Crippen LogP contribution in [0.15, 0.2) is 89.5 Å². The van der Waals surface area contributed by atoms with E-state index in [1.165, 1.54) is 12.1 Å². The second kappa shape index (κ2) is 9.18. The molecule has 150 valence electrons. The van der Waals surface area contributed by atoms with Crippen LogP contribution < -0.4 is 15.6 Å². The highest BCUT2D eigenvalue weighted by Gasteiger charge is 2.19. The molecule has 2 aromatic rings. The molecule has 0 atom stereocenters. The van der Waals surface area contributed by atoms with Crippen molar-refractivity contribution >= 4 is 27.5 Å². The Kier molecular flexibility index (Phi) is 6.43. The maximum Gasteiger partial charge on any atom is 0.263 e. The molecule has 0 aromatic heterocycles. The summed E-state index contributed by atoms with van der Waals surface area (Å²) >= 11 is 0. The zero-order valence-corrected chi connectivity index (χ0v) is 16.2. The van der Waals surface area contributed by atoms with E-state index in [-0.39, 0.29) is 23.9 Å². The molecule has 9 heteroatoms. The number of allylic oxidation sites excluding steroid dienone is 2. The van der Waals surface area contributed by atoms with Crippen molar-refractivity contribution < 1.29 is 18.0 Å². The molecule has 3 N–H and O–H groups in total. The Balaban J connectivity index is 1.52. The number of benzene rings is 2. The molecule has 0 spiro atoms. The number of nitrogens with one attached hydrogen (secondary N) is 3. The minimum absolute atomic E-state index is 0.0389. The number of hydrazine groups is 1.